The van der Waals surface area contributed by atoms with Crippen molar-refractivity contribution in [1.29, 1.82) is 0 Å². The van der Waals surface area contributed by atoms with E-state index in [9.17, 15) is 0 Å². The summed E-state index contributed by atoms with van der Waals surface area (Å²) in [6, 6.07) is 11.3. The summed E-state index contributed by atoms with van der Waals surface area (Å²) in [6.45, 7) is 3.19. The summed E-state index contributed by atoms with van der Waals surface area (Å²) in [5.74, 6) is 0.999. The molecule has 0 amide bonds. The number of aryl methyl sites for hydroxylation is 1. The molecule has 1 atom stereocenters. The smallest absolute Gasteiger partial charge is 0.127 e. The minimum Gasteiger partial charge on any atom is -0.496 e. The van der Waals surface area contributed by atoms with E-state index in [2.05, 4.69) is 42.6 Å². The molecule has 2 heteroatoms. The predicted molar refractivity (Wildman–Crippen MR) is 79.9 cm³/mol. The van der Waals surface area contributed by atoms with Gasteiger partial charge in [-0.1, -0.05) is 31.2 Å². The van der Waals surface area contributed by atoms with Crippen molar-refractivity contribution in [2.45, 2.75) is 32.2 Å². The molecule has 0 aromatic heterocycles. The fourth-order valence-electron chi connectivity index (χ4n) is 3.28. The monoisotopic (exact) mass is 255 g/mol. The Morgan fingerprint density at radius 2 is 2.05 bits per heavy atom. The molecule has 0 radical (unpaired) electrons. The Kier molecular flexibility index (Phi) is 3.43. The Morgan fingerprint density at radius 3 is 2.79 bits per heavy atom. The number of rotatable bonds is 3. The highest BCUT2D eigenvalue weighted by Gasteiger charge is 2.22. The minimum atomic E-state index is 0.479. The Hall–Kier alpha value is -1.54. The summed E-state index contributed by atoms with van der Waals surface area (Å²) in [5, 5.41) is 6.20. The van der Waals surface area contributed by atoms with E-state index in [1.165, 1.54) is 41.2 Å². The Bertz CT molecular complexity index is 591. The van der Waals surface area contributed by atoms with E-state index in [1.54, 1.807) is 7.11 Å². The second kappa shape index (κ2) is 5.22. The van der Waals surface area contributed by atoms with Crippen molar-refractivity contribution in [2.75, 3.05) is 13.7 Å². The van der Waals surface area contributed by atoms with Crippen LogP contribution in [-0.4, -0.2) is 13.7 Å². The number of fused-ring (bicyclic) bond motifs is 3. The van der Waals surface area contributed by atoms with Crippen LogP contribution in [0.5, 0.6) is 5.75 Å². The van der Waals surface area contributed by atoms with Gasteiger partial charge in [-0.25, -0.2) is 0 Å². The van der Waals surface area contributed by atoms with E-state index in [1.807, 2.05) is 0 Å². The predicted octanol–water partition coefficient (Wildman–Crippen LogP) is 3.84. The first-order valence-electron chi connectivity index (χ1n) is 7.17. The van der Waals surface area contributed by atoms with Gasteiger partial charge in [-0.05, 0) is 48.4 Å². The van der Waals surface area contributed by atoms with E-state index in [4.69, 9.17) is 4.74 Å². The Morgan fingerprint density at radius 1 is 1.26 bits per heavy atom. The summed E-state index contributed by atoms with van der Waals surface area (Å²) < 4.78 is 5.59. The molecule has 3 rings (SSSR count). The van der Waals surface area contributed by atoms with Crippen LogP contribution >= 0.6 is 0 Å². The summed E-state index contributed by atoms with van der Waals surface area (Å²) in [6.07, 6.45) is 3.67. The maximum Gasteiger partial charge on any atom is 0.127 e. The van der Waals surface area contributed by atoms with Crippen molar-refractivity contribution in [1.82, 2.24) is 5.32 Å². The van der Waals surface area contributed by atoms with E-state index in [0.29, 0.717) is 6.04 Å². The molecule has 0 bridgehead atoms. The van der Waals surface area contributed by atoms with E-state index in [0.717, 1.165) is 12.3 Å². The van der Waals surface area contributed by atoms with Gasteiger partial charge in [0.1, 0.15) is 5.75 Å². The zero-order valence-corrected chi connectivity index (χ0v) is 11.7. The highest BCUT2D eigenvalue weighted by atomic mass is 16.5. The van der Waals surface area contributed by atoms with Crippen LogP contribution in [0.25, 0.3) is 10.8 Å². The summed E-state index contributed by atoms with van der Waals surface area (Å²) in [4.78, 5) is 0. The van der Waals surface area contributed by atoms with Gasteiger partial charge < -0.3 is 10.1 Å². The SMILES string of the molecule is CCNC1CCCc2c1cc(OC)c1ccccc21. The molecule has 0 aliphatic heterocycles. The largest absolute Gasteiger partial charge is 0.496 e. The molecule has 2 aromatic carbocycles. The molecule has 0 spiro atoms. The third kappa shape index (κ3) is 2.10. The lowest BCUT2D eigenvalue weighted by atomic mass is 9.84. The van der Waals surface area contributed by atoms with Crippen molar-refractivity contribution in [2.24, 2.45) is 0 Å². The third-order valence-corrected chi connectivity index (χ3v) is 4.12. The van der Waals surface area contributed by atoms with E-state index in [-0.39, 0.29) is 0 Å². The lowest BCUT2D eigenvalue weighted by Crippen LogP contribution is -2.25. The Labute approximate surface area is 114 Å². The van der Waals surface area contributed by atoms with Crippen molar-refractivity contribution in [3.8, 4) is 5.75 Å². The average Bonchev–Trinajstić information content (AvgIpc) is 2.47. The van der Waals surface area contributed by atoms with Gasteiger partial charge in [-0.3, -0.25) is 0 Å². The van der Waals surface area contributed by atoms with Crippen molar-refractivity contribution >= 4 is 10.8 Å². The molecule has 0 fully saturated rings. The van der Waals surface area contributed by atoms with Gasteiger partial charge in [0.05, 0.1) is 7.11 Å². The molecule has 1 N–H and O–H groups in total. The van der Waals surface area contributed by atoms with Crippen LogP contribution < -0.4 is 10.1 Å². The standard InChI is InChI=1S/C17H21NO/c1-3-18-16-10-6-9-13-12-7-4-5-8-14(12)17(19-2)11-15(13)16/h4-5,7-8,11,16,18H,3,6,9-10H2,1-2H3. The second-order valence-corrected chi connectivity index (χ2v) is 5.19. The van der Waals surface area contributed by atoms with Crippen LogP contribution in [0, 0.1) is 0 Å². The molecule has 2 aromatic rings. The third-order valence-electron chi connectivity index (χ3n) is 4.12. The van der Waals surface area contributed by atoms with Crippen LogP contribution in [0.1, 0.15) is 36.9 Å². The number of benzene rings is 2. The van der Waals surface area contributed by atoms with Crippen LogP contribution in [0.2, 0.25) is 0 Å². The average molecular weight is 255 g/mol. The zero-order chi connectivity index (χ0) is 13.2. The fourth-order valence-corrected chi connectivity index (χ4v) is 3.28. The van der Waals surface area contributed by atoms with Crippen molar-refractivity contribution in [3.05, 3.63) is 41.5 Å². The molecule has 1 aliphatic rings. The van der Waals surface area contributed by atoms with Gasteiger partial charge in [0.2, 0.25) is 0 Å². The second-order valence-electron chi connectivity index (χ2n) is 5.19. The molecule has 1 aliphatic carbocycles. The highest BCUT2D eigenvalue weighted by Crippen LogP contribution is 2.39. The first-order chi connectivity index (χ1) is 9.35. The van der Waals surface area contributed by atoms with Gasteiger partial charge >= 0.3 is 0 Å². The van der Waals surface area contributed by atoms with Gasteiger partial charge in [-0.15, -0.1) is 0 Å². The summed E-state index contributed by atoms with van der Waals surface area (Å²) >= 11 is 0. The topological polar surface area (TPSA) is 21.3 Å². The van der Waals surface area contributed by atoms with Crippen molar-refractivity contribution < 1.29 is 4.74 Å². The van der Waals surface area contributed by atoms with Gasteiger partial charge in [0, 0.05) is 11.4 Å². The maximum absolute atomic E-state index is 5.59. The molecule has 100 valence electrons. The minimum absolute atomic E-state index is 0.479. The van der Waals surface area contributed by atoms with Crippen molar-refractivity contribution in [3.63, 3.8) is 0 Å². The lowest BCUT2D eigenvalue weighted by molar-refractivity contribution is 0.415. The molecule has 1 unspecified atom stereocenters. The molecular formula is C17H21NO. The first kappa shape index (κ1) is 12.5. The number of hydrogen-bond donors (Lipinski definition) is 1. The molecule has 0 heterocycles. The molecular weight excluding hydrogens is 234 g/mol. The quantitative estimate of drug-likeness (QED) is 0.900. The zero-order valence-electron chi connectivity index (χ0n) is 11.7. The molecule has 0 saturated heterocycles. The van der Waals surface area contributed by atoms with Gasteiger partial charge in [0.15, 0.2) is 0 Å². The first-order valence-corrected chi connectivity index (χ1v) is 7.17. The molecule has 2 nitrogen and oxygen atoms in total. The number of hydrogen-bond acceptors (Lipinski definition) is 2. The molecule has 19 heavy (non-hydrogen) atoms. The van der Waals surface area contributed by atoms with Crippen LogP contribution in [0.3, 0.4) is 0 Å². The van der Waals surface area contributed by atoms with Crippen LogP contribution in [0.15, 0.2) is 30.3 Å². The van der Waals surface area contributed by atoms with Crippen LogP contribution in [-0.2, 0) is 6.42 Å². The van der Waals surface area contributed by atoms with Crippen LogP contribution in [0.4, 0.5) is 0 Å². The number of ether oxygens (including phenoxy) is 1. The highest BCUT2D eigenvalue weighted by molar-refractivity contribution is 5.92. The van der Waals surface area contributed by atoms with Gasteiger partial charge in [-0.2, -0.15) is 0 Å². The lowest BCUT2D eigenvalue weighted by Gasteiger charge is -2.28. The number of methoxy groups -OCH3 is 1. The normalized spacial score (nSPS) is 18.3. The van der Waals surface area contributed by atoms with E-state index >= 15 is 0 Å². The number of nitrogens with one attached hydrogen (secondary N) is 1. The Balaban J connectivity index is 2.23. The fraction of sp³-hybridized carbons (Fsp3) is 0.412. The van der Waals surface area contributed by atoms with Gasteiger partial charge in [0.25, 0.3) is 0 Å². The van der Waals surface area contributed by atoms with E-state index < -0.39 is 0 Å². The molecule has 0 saturated carbocycles. The summed E-state index contributed by atoms with van der Waals surface area (Å²) in [7, 11) is 1.76. The summed E-state index contributed by atoms with van der Waals surface area (Å²) in [5.41, 5.74) is 2.94. The maximum atomic E-state index is 5.59.